The molecular weight excluding hydrogens is 205 g/mol. The summed E-state index contributed by atoms with van der Waals surface area (Å²) in [6.07, 6.45) is -1.10. The third-order valence-electron chi connectivity index (χ3n) is 3.19. The van der Waals surface area contributed by atoms with Crippen LogP contribution in [0, 0.1) is 5.41 Å². The second-order valence-corrected chi connectivity index (χ2v) is 5.01. The lowest BCUT2D eigenvalue weighted by molar-refractivity contribution is -0.132. The third kappa shape index (κ3) is 1.94. The number of piperidine rings is 1. The fourth-order valence-corrected chi connectivity index (χ4v) is 2.28. The van der Waals surface area contributed by atoms with Crippen molar-refractivity contribution in [2.75, 3.05) is 0 Å². The molecule has 1 N–H and O–H groups in total. The van der Waals surface area contributed by atoms with Crippen molar-refractivity contribution in [1.29, 1.82) is 0 Å². The first-order valence-corrected chi connectivity index (χ1v) is 5.50. The van der Waals surface area contributed by atoms with Crippen LogP contribution in [0.5, 0.6) is 0 Å². The van der Waals surface area contributed by atoms with E-state index in [9.17, 15) is 9.18 Å². The highest BCUT2D eigenvalue weighted by Crippen LogP contribution is 2.41. The maximum absolute atomic E-state index is 13.3. The summed E-state index contributed by atoms with van der Waals surface area (Å²) in [5.74, 6) is -0.492. The summed E-state index contributed by atoms with van der Waals surface area (Å²) in [5.41, 5.74) is 0.780. The van der Waals surface area contributed by atoms with Gasteiger partial charge >= 0.3 is 0 Å². The number of rotatable bonds is 1. The molecule has 1 aromatic rings. The van der Waals surface area contributed by atoms with E-state index in [1.165, 1.54) is 0 Å². The highest BCUT2D eigenvalue weighted by atomic mass is 19.1. The van der Waals surface area contributed by atoms with E-state index < -0.39 is 12.1 Å². The van der Waals surface area contributed by atoms with Gasteiger partial charge in [0.2, 0.25) is 0 Å². The zero-order valence-corrected chi connectivity index (χ0v) is 9.53. The molecule has 2 rings (SSSR count). The van der Waals surface area contributed by atoms with Crippen LogP contribution in [0.2, 0.25) is 0 Å². The van der Waals surface area contributed by atoms with Crippen LogP contribution < -0.4 is 5.32 Å². The topological polar surface area (TPSA) is 29.1 Å². The van der Waals surface area contributed by atoms with Gasteiger partial charge in [0.05, 0.1) is 6.04 Å². The van der Waals surface area contributed by atoms with Crippen molar-refractivity contribution in [2.24, 2.45) is 5.41 Å². The number of alkyl halides is 1. The van der Waals surface area contributed by atoms with Gasteiger partial charge in [-0.2, -0.15) is 0 Å². The Hall–Kier alpha value is -1.38. The zero-order valence-electron chi connectivity index (χ0n) is 9.53. The van der Waals surface area contributed by atoms with Crippen molar-refractivity contribution in [3.63, 3.8) is 0 Å². The maximum atomic E-state index is 13.3. The summed E-state index contributed by atoms with van der Waals surface area (Å²) in [4.78, 5) is 11.4. The van der Waals surface area contributed by atoms with Crippen molar-refractivity contribution in [3.8, 4) is 0 Å². The van der Waals surface area contributed by atoms with Gasteiger partial charge in [-0.15, -0.1) is 0 Å². The SMILES string of the molecule is CC1(C)C[C@@H](F)C(=O)N[C@@H]1c1ccccc1. The van der Waals surface area contributed by atoms with Crippen LogP contribution >= 0.6 is 0 Å². The first-order valence-electron chi connectivity index (χ1n) is 5.50. The minimum Gasteiger partial charge on any atom is -0.346 e. The second kappa shape index (κ2) is 3.89. The standard InChI is InChI=1S/C13H16FNO/c1-13(2)8-10(14)12(16)15-11(13)9-6-4-3-5-7-9/h3-7,10-11H,8H2,1-2H3,(H,15,16)/t10-,11-/m1/s1. The first-order chi connectivity index (χ1) is 7.50. The van der Waals surface area contributed by atoms with Crippen LogP contribution in [0.1, 0.15) is 31.9 Å². The van der Waals surface area contributed by atoms with E-state index >= 15 is 0 Å². The molecule has 1 amide bonds. The van der Waals surface area contributed by atoms with Crippen LogP contribution in [0.3, 0.4) is 0 Å². The molecule has 1 saturated heterocycles. The maximum Gasteiger partial charge on any atom is 0.255 e. The molecule has 0 aliphatic carbocycles. The highest BCUT2D eigenvalue weighted by Gasteiger charge is 2.41. The summed E-state index contributed by atoms with van der Waals surface area (Å²) >= 11 is 0. The number of carbonyl (C=O) groups is 1. The van der Waals surface area contributed by atoms with E-state index in [-0.39, 0.29) is 17.9 Å². The smallest absolute Gasteiger partial charge is 0.255 e. The van der Waals surface area contributed by atoms with Crippen LogP contribution in [0.4, 0.5) is 4.39 Å². The average molecular weight is 221 g/mol. The van der Waals surface area contributed by atoms with Crippen LogP contribution in [-0.4, -0.2) is 12.1 Å². The summed E-state index contributed by atoms with van der Waals surface area (Å²) < 4.78 is 13.3. The van der Waals surface area contributed by atoms with Crippen molar-refractivity contribution in [3.05, 3.63) is 35.9 Å². The van der Waals surface area contributed by atoms with Gasteiger partial charge in [0.15, 0.2) is 6.17 Å². The van der Waals surface area contributed by atoms with E-state index in [0.29, 0.717) is 0 Å². The molecule has 0 aromatic heterocycles. The van der Waals surface area contributed by atoms with Crippen molar-refractivity contribution in [2.45, 2.75) is 32.5 Å². The van der Waals surface area contributed by atoms with E-state index in [1.807, 2.05) is 44.2 Å². The van der Waals surface area contributed by atoms with Crippen LogP contribution in [0.15, 0.2) is 30.3 Å². The number of benzene rings is 1. The summed E-state index contributed by atoms with van der Waals surface area (Å²) in [7, 11) is 0. The predicted molar refractivity (Wildman–Crippen MR) is 60.6 cm³/mol. The number of halogens is 1. The molecule has 2 nitrogen and oxygen atoms in total. The van der Waals surface area contributed by atoms with Crippen LogP contribution in [-0.2, 0) is 4.79 Å². The lowest BCUT2D eigenvalue weighted by atomic mass is 9.74. The Morgan fingerprint density at radius 3 is 2.56 bits per heavy atom. The molecular formula is C13H16FNO. The van der Waals surface area contributed by atoms with E-state index in [0.717, 1.165) is 5.56 Å². The largest absolute Gasteiger partial charge is 0.346 e. The molecule has 0 unspecified atom stereocenters. The molecule has 3 heteroatoms. The molecule has 16 heavy (non-hydrogen) atoms. The van der Waals surface area contributed by atoms with Gasteiger partial charge in [-0.05, 0) is 17.4 Å². The predicted octanol–water partition coefficient (Wildman–Crippen LogP) is 2.61. The molecule has 2 atom stereocenters. The molecule has 1 aliphatic rings. The minimum atomic E-state index is -1.38. The van der Waals surface area contributed by atoms with Crippen molar-refractivity contribution in [1.82, 2.24) is 5.32 Å². The molecule has 1 heterocycles. The summed E-state index contributed by atoms with van der Waals surface area (Å²) in [6.45, 7) is 3.97. The van der Waals surface area contributed by atoms with E-state index in [2.05, 4.69) is 5.32 Å². The summed E-state index contributed by atoms with van der Waals surface area (Å²) in [5, 5.41) is 2.76. The average Bonchev–Trinajstić information content (AvgIpc) is 2.24. The molecule has 0 saturated carbocycles. The van der Waals surface area contributed by atoms with E-state index in [1.54, 1.807) is 0 Å². The number of carbonyl (C=O) groups excluding carboxylic acids is 1. The number of hydrogen-bond donors (Lipinski definition) is 1. The first kappa shape index (κ1) is 11.1. The van der Waals surface area contributed by atoms with Gasteiger partial charge in [-0.25, -0.2) is 4.39 Å². The molecule has 0 bridgehead atoms. The lowest BCUT2D eigenvalue weighted by Crippen LogP contribution is -2.49. The quantitative estimate of drug-likeness (QED) is 0.776. The Labute approximate surface area is 94.9 Å². The Morgan fingerprint density at radius 1 is 1.31 bits per heavy atom. The van der Waals surface area contributed by atoms with Crippen molar-refractivity contribution >= 4 is 5.91 Å². The monoisotopic (exact) mass is 221 g/mol. The van der Waals surface area contributed by atoms with Crippen molar-refractivity contribution < 1.29 is 9.18 Å². The normalized spacial score (nSPS) is 28.6. The molecule has 1 aliphatic heterocycles. The minimum absolute atomic E-state index is 0.104. The van der Waals surface area contributed by atoms with Gasteiger partial charge in [0, 0.05) is 0 Å². The van der Waals surface area contributed by atoms with Crippen LogP contribution in [0.25, 0.3) is 0 Å². The second-order valence-electron chi connectivity index (χ2n) is 5.01. The van der Waals surface area contributed by atoms with Gasteiger partial charge in [0.1, 0.15) is 0 Å². The molecule has 0 radical (unpaired) electrons. The zero-order chi connectivity index (χ0) is 11.8. The number of amides is 1. The molecule has 0 spiro atoms. The fraction of sp³-hybridized carbons (Fsp3) is 0.462. The summed E-state index contributed by atoms with van der Waals surface area (Å²) in [6, 6.07) is 9.61. The van der Waals surface area contributed by atoms with Gasteiger partial charge in [-0.3, -0.25) is 4.79 Å². The Morgan fingerprint density at radius 2 is 1.94 bits per heavy atom. The highest BCUT2D eigenvalue weighted by molar-refractivity contribution is 5.82. The fourth-order valence-electron chi connectivity index (χ4n) is 2.28. The lowest BCUT2D eigenvalue weighted by Gasteiger charge is -2.40. The molecule has 1 fully saturated rings. The van der Waals surface area contributed by atoms with Gasteiger partial charge in [-0.1, -0.05) is 44.2 Å². The molecule has 86 valence electrons. The number of hydrogen-bond acceptors (Lipinski definition) is 1. The Bertz CT molecular complexity index is 388. The molecule has 1 aromatic carbocycles. The third-order valence-corrected chi connectivity index (χ3v) is 3.19. The Kier molecular flexibility index (Phi) is 2.70. The number of nitrogens with one attached hydrogen (secondary N) is 1. The van der Waals surface area contributed by atoms with Gasteiger partial charge in [0.25, 0.3) is 5.91 Å². The van der Waals surface area contributed by atoms with E-state index in [4.69, 9.17) is 0 Å². The van der Waals surface area contributed by atoms with Gasteiger partial charge < -0.3 is 5.32 Å². The Balaban J connectivity index is 2.30.